The lowest BCUT2D eigenvalue weighted by molar-refractivity contribution is 0.248. The molecule has 3 atom stereocenters. The van der Waals surface area contributed by atoms with Crippen LogP contribution in [0, 0.1) is 17.8 Å². The van der Waals surface area contributed by atoms with Crippen molar-refractivity contribution in [2.45, 2.75) is 40.0 Å². The van der Waals surface area contributed by atoms with Gasteiger partial charge in [-0.2, -0.15) is 0 Å². The fourth-order valence-corrected chi connectivity index (χ4v) is 2.61. The van der Waals surface area contributed by atoms with Gasteiger partial charge in [0.15, 0.2) is 0 Å². The van der Waals surface area contributed by atoms with Gasteiger partial charge in [0.2, 0.25) is 0 Å². The highest BCUT2D eigenvalue weighted by molar-refractivity contribution is 5.08. The third-order valence-electron chi connectivity index (χ3n) is 3.36. The molecule has 0 saturated heterocycles. The van der Waals surface area contributed by atoms with Gasteiger partial charge in [0, 0.05) is 0 Å². The lowest BCUT2D eigenvalue weighted by atomic mass is 9.73. The summed E-state index contributed by atoms with van der Waals surface area (Å²) in [5.41, 5.74) is 0. The molecule has 1 saturated carbocycles. The molecule has 0 heterocycles. The quantitative estimate of drug-likeness (QED) is 0.488. The number of hydrogen-bond acceptors (Lipinski definition) is 0. The molecule has 3 unspecified atom stereocenters. The van der Waals surface area contributed by atoms with Crippen molar-refractivity contribution in [3.63, 3.8) is 0 Å². The van der Waals surface area contributed by atoms with Crippen LogP contribution in [-0.4, -0.2) is 0 Å². The van der Waals surface area contributed by atoms with E-state index in [1.165, 1.54) is 19.3 Å². The summed E-state index contributed by atoms with van der Waals surface area (Å²) in [6.45, 7) is 2.40. The molecule has 0 radical (unpaired) electrons. The van der Waals surface area contributed by atoms with E-state index in [1.807, 2.05) is 0 Å². The van der Waals surface area contributed by atoms with Gasteiger partial charge >= 0.3 is 0 Å². The second-order valence-corrected chi connectivity index (χ2v) is 4.24. The van der Waals surface area contributed by atoms with Crippen LogP contribution < -0.4 is 0 Å². The van der Waals surface area contributed by atoms with Gasteiger partial charge in [-0.3, -0.25) is 0 Å². The van der Waals surface area contributed by atoms with Gasteiger partial charge in [0.1, 0.15) is 0 Å². The van der Waals surface area contributed by atoms with Crippen molar-refractivity contribution >= 4 is 0 Å². The molecule has 0 bridgehead atoms. The fraction of sp³-hybridized carbons (Fsp3) is 0.692. The number of fused-ring (bicyclic) bond motifs is 1. The first-order valence-electron chi connectivity index (χ1n) is 5.21. The molecule has 0 aromatic rings. The van der Waals surface area contributed by atoms with E-state index >= 15 is 0 Å². The average molecular weight is 178 g/mol. The Labute approximate surface area is 82.7 Å². The molecule has 2 aliphatic rings. The van der Waals surface area contributed by atoms with Crippen molar-refractivity contribution in [2.75, 3.05) is 0 Å². The molecule has 13 heavy (non-hydrogen) atoms. The summed E-state index contributed by atoms with van der Waals surface area (Å²) in [7, 11) is 0. The van der Waals surface area contributed by atoms with Crippen molar-refractivity contribution in [1.29, 1.82) is 0 Å². The molecule has 1 fully saturated rings. The highest BCUT2D eigenvalue weighted by Gasteiger charge is 2.27. The molecule has 0 spiro atoms. The Morgan fingerprint density at radius 1 is 1.08 bits per heavy atom. The Morgan fingerprint density at radius 3 is 2.69 bits per heavy atom. The Morgan fingerprint density at radius 2 is 1.85 bits per heavy atom. The summed E-state index contributed by atoms with van der Waals surface area (Å²) >= 11 is 0. The SMILES string of the molecule is C.CC1CCCC2C=CCC=CC12. The molecule has 2 rings (SSSR count). The van der Waals surface area contributed by atoms with Crippen LogP contribution in [0.15, 0.2) is 24.3 Å². The minimum absolute atomic E-state index is 0. The van der Waals surface area contributed by atoms with E-state index in [0.29, 0.717) is 0 Å². The second-order valence-electron chi connectivity index (χ2n) is 4.24. The van der Waals surface area contributed by atoms with Crippen LogP contribution >= 0.6 is 0 Å². The minimum atomic E-state index is 0. The van der Waals surface area contributed by atoms with Gasteiger partial charge in [-0.05, 0) is 30.6 Å². The smallest absolute Gasteiger partial charge is 0.0145 e. The maximum atomic E-state index is 2.45. The van der Waals surface area contributed by atoms with Crippen LogP contribution in [0.3, 0.4) is 0 Å². The van der Waals surface area contributed by atoms with Crippen molar-refractivity contribution in [3.05, 3.63) is 24.3 Å². The summed E-state index contributed by atoms with van der Waals surface area (Å²) in [6.07, 6.45) is 15.0. The molecule has 0 aromatic heterocycles. The molecule has 0 heteroatoms. The molecule has 0 aromatic carbocycles. The fourth-order valence-electron chi connectivity index (χ4n) is 2.61. The molecule has 0 aliphatic heterocycles. The maximum absolute atomic E-state index is 2.45. The summed E-state index contributed by atoms with van der Waals surface area (Å²) < 4.78 is 0. The van der Waals surface area contributed by atoms with E-state index in [4.69, 9.17) is 0 Å². The van der Waals surface area contributed by atoms with Crippen molar-refractivity contribution in [3.8, 4) is 0 Å². The molecule has 0 nitrogen and oxygen atoms in total. The van der Waals surface area contributed by atoms with E-state index in [9.17, 15) is 0 Å². The Kier molecular flexibility index (Phi) is 3.77. The number of rotatable bonds is 0. The second kappa shape index (κ2) is 4.64. The Balaban J connectivity index is 0.000000845. The van der Waals surface area contributed by atoms with E-state index in [2.05, 4.69) is 31.2 Å². The normalized spacial score (nSPS) is 37.5. The minimum Gasteiger partial charge on any atom is -0.0845 e. The van der Waals surface area contributed by atoms with Crippen molar-refractivity contribution in [2.24, 2.45) is 17.8 Å². The molecular formula is C13H22. The topological polar surface area (TPSA) is 0 Å². The number of allylic oxidation sites excluding steroid dienone is 4. The van der Waals surface area contributed by atoms with E-state index in [0.717, 1.165) is 24.2 Å². The maximum Gasteiger partial charge on any atom is -0.0145 e. The van der Waals surface area contributed by atoms with Gasteiger partial charge in [-0.1, -0.05) is 51.5 Å². The third kappa shape index (κ3) is 2.24. The molecule has 74 valence electrons. The standard InChI is InChI=1S/C12H18.CH4/c1-10-6-5-8-11-7-3-2-4-9-12(10)11;/h3-4,7,9-12H,2,5-6,8H2,1H3;1H4. The predicted octanol–water partition coefficient (Wildman–Crippen LogP) is 4.19. The lowest BCUT2D eigenvalue weighted by Gasteiger charge is -2.32. The average Bonchev–Trinajstić information content (AvgIpc) is 2.30. The van der Waals surface area contributed by atoms with Gasteiger partial charge in [-0.25, -0.2) is 0 Å². The first kappa shape index (κ1) is 10.6. The third-order valence-corrected chi connectivity index (χ3v) is 3.36. The van der Waals surface area contributed by atoms with Crippen molar-refractivity contribution in [1.82, 2.24) is 0 Å². The van der Waals surface area contributed by atoms with Gasteiger partial charge in [0.25, 0.3) is 0 Å². The van der Waals surface area contributed by atoms with Crippen LogP contribution in [0.25, 0.3) is 0 Å². The van der Waals surface area contributed by atoms with Crippen LogP contribution in [-0.2, 0) is 0 Å². The summed E-state index contributed by atoms with van der Waals surface area (Å²) in [4.78, 5) is 0. The van der Waals surface area contributed by atoms with Crippen LogP contribution in [0.5, 0.6) is 0 Å². The molecule has 0 amide bonds. The lowest BCUT2D eigenvalue weighted by Crippen LogP contribution is -2.23. The highest BCUT2D eigenvalue weighted by Crippen LogP contribution is 2.37. The van der Waals surface area contributed by atoms with Gasteiger partial charge in [0.05, 0.1) is 0 Å². The zero-order valence-corrected chi connectivity index (χ0v) is 7.87. The first-order valence-corrected chi connectivity index (χ1v) is 5.21. The zero-order valence-electron chi connectivity index (χ0n) is 7.87. The van der Waals surface area contributed by atoms with E-state index < -0.39 is 0 Å². The summed E-state index contributed by atoms with van der Waals surface area (Å²) in [5.74, 6) is 2.60. The largest absolute Gasteiger partial charge is 0.0845 e. The van der Waals surface area contributed by atoms with Crippen LogP contribution in [0.2, 0.25) is 0 Å². The van der Waals surface area contributed by atoms with Crippen molar-refractivity contribution < 1.29 is 0 Å². The highest BCUT2D eigenvalue weighted by atomic mass is 14.3. The molecular weight excluding hydrogens is 156 g/mol. The van der Waals surface area contributed by atoms with E-state index in [-0.39, 0.29) is 7.43 Å². The molecule has 0 N–H and O–H groups in total. The molecule has 2 aliphatic carbocycles. The predicted molar refractivity (Wildman–Crippen MR) is 59.6 cm³/mol. The van der Waals surface area contributed by atoms with Crippen LogP contribution in [0.1, 0.15) is 40.0 Å². The Hall–Kier alpha value is -0.520. The summed E-state index contributed by atoms with van der Waals surface area (Å²) in [6, 6.07) is 0. The van der Waals surface area contributed by atoms with Gasteiger partial charge in [-0.15, -0.1) is 0 Å². The zero-order chi connectivity index (χ0) is 8.39. The van der Waals surface area contributed by atoms with Gasteiger partial charge < -0.3 is 0 Å². The first-order chi connectivity index (χ1) is 5.88. The summed E-state index contributed by atoms with van der Waals surface area (Å²) in [5, 5.41) is 0. The van der Waals surface area contributed by atoms with Crippen LogP contribution in [0.4, 0.5) is 0 Å². The monoisotopic (exact) mass is 178 g/mol. The van der Waals surface area contributed by atoms with E-state index in [1.54, 1.807) is 0 Å². The Bertz CT molecular complexity index is 200. The number of hydrogen-bond donors (Lipinski definition) is 0.